The number of rotatable bonds is 4. The largest absolute Gasteiger partial charge is 0.394 e. The van der Waals surface area contributed by atoms with E-state index in [0.29, 0.717) is 17.3 Å². The van der Waals surface area contributed by atoms with Gasteiger partial charge in [0.1, 0.15) is 5.15 Å². The summed E-state index contributed by atoms with van der Waals surface area (Å²) in [4.78, 5) is 15.2. The van der Waals surface area contributed by atoms with Crippen molar-refractivity contribution in [2.24, 2.45) is 0 Å². The van der Waals surface area contributed by atoms with Crippen molar-refractivity contribution in [3.8, 4) is 0 Å². The number of amides is 2. The van der Waals surface area contributed by atoms with Gasteiger partial charge in [-0.3, -0.25) is 0 Å². The minimum atomic E-state index is -0.372. The molecular formula is C10H14ClN3O2. The third kappa shape index (κ3) is 4.04. The molecule has 1 heterocycles. The molecule has 0 unspecified atom stereocenters. The van der Waals surface area contributed by atoms with E-state index in [4.69, 9.17) is 16.7 Å². The number of aliphatic hydroxyl groups excluding tert-OH is 1. The smallest absolute Gasteiger partial charge is 0.319 e. The fourth-order valence-corrected chi connectivity index (χ4v) is 1.28. The maximum absolute atomic E-state index is 11.5. The number of anilines is 1. The lowest BCUT2D eigenvalue weighted by molar-refractivity contribution is 0.222. The van der Waals surface area contributed by atoms with Crippen LogP contribution >= 0.6 is 11.6 Å². The Morgan fingerprint density at radius 3 is 3.00 bits per heavy atom. The standard InChI is InChI=1S/C10H14ClN3O2/c1-2-7(6-15)13-10(16)14-8-3-4-12-9(11)5-8/h3-5,7,15H,2,6H2,1H3,(H2,12,13,14,16)/t7-/m0/s1. The maximum Gasteiger partial charge on any atom is 0.319 e. The van der Waals surface area contributed by atoms with Crippen molar-refractivity contribution in [3.63, 3.8) is 0 Å². The molecule has 0 bridgehead atoms. The van der Waals surface area contributed by atoms with Gasteiger partial charge in [-0.05, 0) is 18.6 Å². The maximum atomic E-state index is 11.5. The summed E-state index contributed by atoms with van der Waals surface area (Å²) in [6.07, 6.45) is 2.17. The van der Waals surface area contributed by atoms with E-state index < -0.39 is 0 Å². The van der Waals surface area contributed by atoms with Crippen LogP contribution in [0.5, 0.6) is 0 Å². The fourth-order valence-electron chi connectivity index (χ4n) is 1.11. The van der Waals surface area contributed by atoms with E-state index in [2.05, 4.69) is 15.6 Å². The van der Waals surface area contributed by atoms with Crippen molar-refractivity contribution in [1.82, 2.24) is 10.3 Å². The minimum Gasteiger partial charge on any atom is -0.394 e. The number of halogens is 1. The lowest BCUT2D eigenvalue weighted by Gasteiger charge is -2.14. The van der Waals surface area contributed by atoms with Crippen LogP contribution in [-0.2, 0) is 0 Å². The summed E-state index contributed by atoms with van der Waals surface area (Å²) in [6.45, 7) is 1.80. The first kappa shape index (κ1) is 12.7. The lowest BCUT2D eigenvalue weighted by atomic mass is 10.2. The second-order valence-electron chi connectivity index (χ2n) is 3.25. The SMILES string of the molecule is CC[C@@H](CO)NC(=O)Nc1ccnc(Cl)c1. The predicted octanol–water partition coefficient (Wildman–Crippen LogP) is 1.63. The number of hydrogen-bond acceptors (Lipinski definition) is 3. The fraction of sp³-hybridized carbons (Fsp3) is 0.400. The van der Waals surface area contributed by atoms with Crippen molar-refractivity contribution in [1.29, 1.82) is 0 Å². The van der Waals surface area contributed by atoms with Crippen molar-refractivity contribution >= 4 is 23.3 Å². The van der Waals surface area contributed by atoms with Crippen LogP contribution in [0.3, 0.4) is 0 Å². The topological polar surface area (TPSA) is 74.2 Å². The van der Waals surface area contributed by atoms with E-state index in [1.54, 1.807) is 12.1 Å². The van der Waals surface area contributed by atoms with E-state index in [1.165, 1.54) is 6.20 Å². The zero-order valence-corrected chi connectivity index (χ0v) is 9.66. The monoisotopic (exact) mass is 243 g/mol. The highest BCUT2D eigenvalue weighted by atomic mass is 35.5. The van der Waals surface area contributed by atoms with Crippen molar-refractivity contribution < 1.29 is 9.90 Å². The number of pyridine rings is 1. The Kier molecular flexibility index (Phi) is 5.01. The van der Waals surface area contributed by atoms with Gasteiger partial charge in [0.05, 0.1) is 12.6 Å². The second-order valence-corrected chi connectivity index (χ2v) is 3.64. The molecule has 16 heavy (non-hydrogen) atoms. The Morgan fingerprint density at radius 2 is 2.44 bits per heavy atom. The highest BCUT2D eigenvalue weighted by Crippen LogP contribution is 2.11. The van der Waals surface area contributed by atoms with Crippen LogP contribution in [0.25, 0.3) is 0 Å². The first-order valence-corrected chi connectivity index (χ1v) is 5.33. The molecule has 1 rings (SSSR count). The summed E-state index contributed by atoms with van der Waals surface area (Å²) < 4.78 is 0. The van der Waals surface area contributed by atoms with Gasteiger partial charge in [0, 0.05) is 11.9 Å². The molecule has 1 atom stereocenters. The molecule has 2 amide bonds. The number of nitrogens with one attached hydrogen (secondary N) is 2. The number of carbonyl (C=O) groups is 1. The number of aliphatic hydroxyl groups is 1. The second kappa shape index (κ2) is 6.30. The van der Waals surface area contributed by atoms with Gasteiger partial charge in [-0.1, -0.05) is 18.5 Å². The molecule has 0 spiro atoms. The summed E-state index contributed by atoms with van der Waals surface area (Å²) in [5.74, 6) is 0. The minimum absolute atomic E-state index is 0.0823. The van der Waals surface area contributed by atoms with Crippen LogP contribution < -0.4 is 10.6 Å². The number of nitrogens with zero attached hydrogens (tertiary/aromatic N) is 1. The Morgan fingerprint density at radius 1 is 1.69 bits per heavy atom. The van der Waals surface area contributed by atoms with Crippen LogP contribution in [0.15, 0.2) is 18.3 Å². The van der Waals surface area contributed by atoms with Gasteiger partial charge in [-0.15, -0.1) is 0 Å². The molecule has 0 radical (unpaired) electrons. The molecule has 0 aliphatic carbocycles. The molecule has 0 saturated carbocycles. The summed E-state index contributed by atoms with van der Waals surface area (Å²) in [5.41, 5.74) is 0.560. The summed E-state index contributed by atoms with van der Waals surface area (Å²) in [6, 6.07) is 2.56. The highest BCUT2D eigenvalue weighted by Gasteiger charge is 2.08. The Hall–Kier alpha value is -1.33. The van der Waals surface area contributed by atoms with Gasteiger partial charge in [0.15, 0.2) is 0 Å². The Bertz CT molecular complexity index is 356. The van der Waals surface area contributed by atoms with Gasteiger partial charge in [-0.2, -0.15) is 0 Å². The van der Waals surface area contributed by atoms with Crippen molar-refractivity contribution in [2.75, 3.05) is 11.9 Å². The molecule has 6 heteroatoms. The molecule has 5 nitrogen and oxygen atoms in total. The first-order chi connectivity index (χ1) is 7.65. The zero-order chi connectivity index (χ0) is 12.0. The van der Waals surface area contributed by atoms with Crippen LogP contribution in [0.2, 0.25) is 5.15 Å². The van der Waals surface area contributed by atoms with Crippen molar-refractivity contribution in [2.45, 2.75) is 19.4 Å². The molecule has 0 fully saturated rings. The quantitative estimate of drug-likeness (QED) is 0.704. The predicted molar refractivity (Wildman–Crippen MR) is 62.6 cm³/mol. The zero-order valence-electron chi connectivity index (χ0n) is 8.90. The van der Waals surface area contributed by atoms with E-state index in [9.17, 15) is 4.79 Å². The Labute approximate surface area is 98.8 Å². The van der Waals surface area contributed by atoms with Crippen LogP contribution in [0.1, 0.15) is 13.3 Å². The summed E-state index contributed by atoms with van der Waals surface area (Å²) >= 11 is 5.67. The molecule has 0 aromatic carbocycles. The molecule has 1 aromatic rings. The van der Waals surface area contributed by atoms with Gasteiger partial charge >= 0.3 is 6.03 Å². The van der Waals surface area contributed by atoms with Crippen LogP contribution in [0, 0.1) is 0 Å². The van der Waals surface area contributed by atoms with E-state index in [0.717, 1.165) is 0 Å². The summed E-state index contributed by atoms with van der Waals surface area (Å²) in [5, 5.41) is 14.4. The molecule has 0 aliphatic heterocycles. The molecule has 3 N–H and O–H groups in total. The highest BCUT2D eigenvalue weighted by molar-refractivity contribution is 6.29. The number of urea groups is 1. The number of aromatic nitrogens is 1. The normalized spacial score (nSPS) is 11.9. The lowest BCUT2D eigenvalue weighted by Crippen LogP contribution is -2.39. The van der Waals surface area contributed by atoms with Gasteiger partial charge in [-0.25, -0.2) is 9.78 Å². The number of carbonyl (C=O) groups excluding carboxylic acids is 1. The molecule has 0 saturated heterocycles. The molecular weight excluding hydrogens is 230 g/mol. The average Bonchev–Trinajstić information content (AvgIpc) is 2.26. The summed E-state index contributed by atoms with van der Waals surface area (Å²) in [7, 11) is 0. The van der Waals surface area contributed by atoms with Gasteiger partial charge in [0.25, 0.3) is 0 Å². The van der Waals surface area contributed by atoms with E-state index >= 15 is 0 Å². The molecule has 0 aliphatic rings. The van der Waals surface area contributed by atoms with E-state index in [-0.39, 0.29) is 18.7 Å². The van der Waals surface area contributed by atoms with Crippen LogP contribution in [-0.4, -0.2) is 28.8 Å². The molecule has 1 aromatic heterocycles. The van der Waals surface area contributed by atoms with Gasteiger partial charge in [0.2, 0.25) is 0 Å². The first-order valence-electron chi connectivity index (χ1n) is 4.95. The van der Waals surface area contributed by atoms with E-state index in [1.807, 2.05) is 6.92 Å². The third-order valence-electron chi connectivity index (χ3n) is 2.03. The van der Waals surface area contributed by atoms with Crippen molar-refractivity contribution in [3.05, 3.63) is 23.5 Å². The van der Waals surface area contributed by atoms with Gasteiger partial charge < -0.3 is 15.7 Å². The number of hydrogen-bond donors (Lipinski definition) is 3. The molecule has 88 valence electrons. The third-order valence-corrected chi connectivity index (χ3v) is 2.24. The van der Waals surface area contributed by atoms with Crippen LogP contribution in [0.4, 0.5) is 10.5 Å². The average molecular weight is 244 g/mol. The Balaban J connectivity index is 2.51.